The zero-order chi connectivity index (χ0) is 15.2. The normalized spacial score (nSPS) is 12.9. The van der Waals surface area contributed by atoms with Gasteiger partial charge in [-0.15, -0.1) is 0 Å². The molecule has 22 heavy (non-hydrogen) atoms. The highest BCUT2D eigenvalue weighted by atomic mass is 16.5. The van der Waals surface area contributed by atoms with Gasteiger partial charge in [0.25, 0.3) is 5.91 Å². The molecule has 0 fully saturated rings. The second-order valence-electron chi connectivity index (χ2n) is 5.58. The number of nitrogens with one attached hydrogen (secondary N) is 1. The Bertz CT molecular complexity index is 623. The summed E-state index contributed by atoms with van der Waals surface area (Å²) in [5.74, 6) is 0.709. The van der Waals surface area contributed by atoms with Crippen LogP contribution in [0.2, 0.25) is 0 Å². The van der Waals surface area contributed by atoms with Gasteiger partial charge in [0.1, 0.15) is 5.75 Å². The van der Waals surface area contributed by atoms with E-state index in [9.17, 15) is 4.79 Å². The Hall–Kier alpha value is -2.30. The van der Waals surface area contributed by atoms with Gasteiger partial charge in [-0.2, -0.15) is 0 Å². The van der Waals surface area contributed by atoms with E-state index in [-0.39, 0.29) is 12.5 Å². The van der Waals surface area contributed by atoms with Crippen LogP contribution in [-0.4, -0.2) is 28.6 Å². The molecule has 5 heteroatoms. The summed E-state index contributed by atoms with van der Waals surface area (Å²) in [6.07, 6.45) is 9.82. The van der Waals surface area contributed by atoms with E-state index in [0.29, 0.717) is 6.54 Å². The van der Waals surface area contributed by atoms with E-state index in [2.05, 4.69) is 22.4 Å². The molecule has 116 valence electrons. The Morgan fingerprint density at radius 1 is 1.32 bits per heavy atom. The summed E-state index contributed by atoms with van der Waals surface area (Å²) in [6.45, 7) is 1.57. The first-order valence-corrected chi connectivity index (χ1v) is 7.78. The molecule has 0 atom stereocenters. The molecule has 5 nitrogen and oxygen atoms in total. The number of amides is 1. The smallest absolute Gasteiger partial charge is 0.257 e. The summed E-state index contributed by atoms with van der Waals surface area (Å²) in [7, 11) is 0. The van der Waals surface area contributed by atoms with Crippen LogP contribution in [0.5, 0.6) is 5.75 Å². The number of hydrogen-bond donors (Lipinski definition) is 1. The second-order valence-corrected chi connectivity index (χ2v) is 5.58. The Labute approximate surface area is 130 Å². The van der Waals surface area contributed by atoms with Crippen LogP contribution in [-0.2, 0) is 24.2 Å². The lowest BCUT2D eigenvalue weighted by Gasteiger charge is -2.09. The molecule has 0 bridgehead atoms. The highest BCUT2D eigenvalue weighted by Crippen LogP contribution is 2.25. The molecule has 1 aliphatic carbocycles. The maximum atomic E-state index is 11.8. The van der Waals surface area contributed by atoms with E-state index in [1.54, 1.807) is 12.5 Å². The van der Waals surface area contributed by atoms with Crippen molar-refractivity contribution in [2.75, 3.05) is 13.2 Å². The molecule has 1 aliphatic rings. The molecule has 1 aromatic carbocycles. The summed E-state index contributed by atoms with van der Waals surface area (Å²) >= 11 is 0. The maximum Gasteiger partial charge on any atom is 0.257 e. The first-order valence-electron chi connectivity index (χ1n) is 7.78. The lowest BCUT2D eigenvalue weighted by atomic mass is 10.1. The molecule has 0 saturated carbocycles. The van der Waals surface area contributed by atoms with Crippen molar-refractivity contribution in [3.05, 3.63) is 48.0 Å². The van der Waals surface area contributed by atoms with Crippen molar-refractivity contribution in [1.82, 2.24) is 14.9 Å². The molecular weight excluding hydrogens is 278 g/mol. The van der Waals surface area contributed by atoms with E-state index in [4.69, 9.17) is 4.74 Å². The Balaban J connectivity index is 1.35. The van der Waals surface area contributed by atoms with Crippen LogP contribution in [0.15, 0.2) is 36.9 Å². The van der Waals surface area contributed by atoms with E-state index < -0.39 is 0 Å². The second kappa shape index (κ2) is 7.11. The Morgan fingerprint density at radius 3 is 3.09 bits per heavy atom. The Kier molecular flexibility index (Phi) is 4.73. The van der Waals surface area contributed by atoms with Crippen LogP contribution in [0.4, 0.5) is 0 Å². The lowest BCUT2D eigenvalue weighted by Crippen LogP contribution is -2.30. The molecule has 3 rings (SSSR count). The van der Waals surface area contributed by atoms with Crippen LogP contribution < -0.4 is 10.1 Å². The van der Waals surface area contributed by atoms with Gasteiger partial charge in [0, 0.05) is 25.5 Å². The van der Waals surface area contributed by atoms with Crippen LogP contribution in [0.25, 0.3) is 0 Å². The van der Waals surface area contributed by atoms with Crippen LogP contribution in [0.1, 0.15) is 24.0 Å². The molecule has 0 spiro atoms. The third-order valence-electron chi connectivity index (χ3n) is 3.91. The zero-order valence-electron chi connectivity index (χ0n) is 12.6. The molecular formula is C17H21N3O2. The predicted octanol–water partition coefficient (Wildman–Crippen LogP) is 1.96. The largest absolute Gasteiger partial charge is 0.484 e. The standard InChI is InChI=1S/C17H21N3O2/c21-17(19-7-2-9-20-10-8-18-13-20)12-22-16-6-5-14-3-1-4-15(14)11-16/h5-6,8,10-11,13H,1-4,7,9,12H2,(H,19,21). The maximum absolute atomic E-state index is 11.8. The fourth-order valence-electron chi connectivity index (χ4n) is 2.75. The number of imidazole rings is 1. The third-order valence-corrected chi connectivity index (χ3v) is 3.91. The number of carbonyl (C=O) groups excluding carboxylic acids is 1. The molecule has 0 radical (unpaired) electrons. The van der Waals surface area contributed by atoms with Gasteiger partial charge < -0.3 is 14.6 Å². The lowest BCUT2D eigenvalue weighted by molar-refractivity contribution is -0.123. The number of fused-ring (bicyclic) bond motifs is 1. The summed E-state index contributed by atoms with van der Waals surface area (Å²) in [5, 5.41) is 2.87. The van der Waals surface area contributed by atoms with Crippen molar-refractivity contribution in [2.45, 2.75) is 32.2 Å². The molecule has 0 aliphatic heterocycles. The molecule has 1 heterocycles. The van der Waals surface area contributed by atoms with E-state index in [1.807, 2.05) is 16.8 Å². The number of aryl methyl sites for hydroxylation is 3. The number of ether oxygens (including phenoxy) is 1. The van der Waals surface area contributed by atoms with Gasteiger partial charge in [-0.1, -0.05) is 6.07 Å². The van der Waals surface area contributed by atoms with Crippen molar-refractivity contribution < 1.29 is 9.53 Å². The topological polar surface area (TPSA) is 56.1 Å². The minimum absolute atomic E-state index is 0.0733. The van der Waals surface area contributed by atoms with Gasteiger partial charge in [0.15, 0.2) is 6.61 Å². The first kappa shape index (κ1) is 14.6. The third kappa shape index (κ3) is 3.87. The molecule has 1 amide bonds. The minimum atomic E-state index is -0.0777. The van der Waals surface area contributed by atoms with Crippen molar-refractivity contribution in [2.24, 2.45) is 0 Å². The van der Waals surface area contributed by atoms with Gasteiger partial charge in [0.2, 0.25) is 0 Å². The van der Waals surface area contributed by atoms with Gasteiger partial charge >= 0.3 is 0 Å². The van der Waals surface area contributed by atoms with Crippen molar-refractivity contribution >= 4 is 5.91 Å². The van der Waals surface area contributed by atoms with Gasteiger partial charge in [-0.25, -0.2) is 4.98 Å². The predicted molar refractivity (Wildman–Crippen MR) is 83.8 cm³/mol. The fourth-order valence-corrected chi connectivity index (χ4v) is 2.75. The average molecular weight is 299 g/mol. The highest BCUT2D eigenvalue weighted by molar-refractivity contribution is 5.77. The zero-order valence-corrected chi connectivity index (χ0v) is 12.6. The van der Waals surface area contributed by atoms with Crippen LogP contribution in [0.3, 0.4) is 0 Å². The van der Waals surface area contributed by atoms with Gasteiger partial charge in [-0.3, -0.25) is 4.79 Å². The quantitative estimate of drug-likeness (QED) is 0.795. The molecule has 0 unspecified atom stereocenters. The number of benzene rings is 1. The van der Waals surface area contributed by atoms with E-state index in [1.165, 1.54) is 17.5 Å². The number of nitrogens with zero attached hydrogens (tertiary/aromatic N) is 2. The minimum Gasteiger partial charge on any atom is -0.484 e. The summed E-state index contributed by atoms with van der Waals surface area (Å²) in [4.78, 5) is 15.7. The molecule has 0 saturated heterocycles. The molecule has 1 aromatic heterocycles. The number of rotatable bonds is 7. The van der Waals surface area contributed by atoms with Crippen LogP contribution >= 0.6 is 0 Å². The Morgan fingerprint density at radius 2 is 2.23 bits per heavy atom. The monoisotopic (exact) mass is 299 g/mol. The van der Waals surface area contributed by atoms with Gasteiger partial charge in [-0.05, 0) is 48.9 Å². The summed E-state index contributed by atoms with van der Waals surface area (Å²) in [5.41, 5.74) is 2.77. The summed E-state index contributed by atoms with van der Waals surface area (Å²) < 4.78 is 7.56. The van der Waals surface area contributed by atoms with Crippen LogP contribution in [0, 0.1) is 0 Å². The van der Waals surface area contributed by atoms with Crippen molar-refractivity contribution in [1.29, 1.82) is 0 Å². The van der Waals surface area contributed by atoms with Gasteiger partial charge in [0.05, 0.1) is 6.33 Å². The number of hydrogen-bond acceptors (Lipinski definition) is 3. The first-order chi connectivity index (χ1) is 10.8. The molecule has 1 N–H and O–H groups in total. The van der Waals surface area contributed by atoms with Crippen molar-refractivity contribution in [3.63, 3.8) is 0 Å². The number of carbonyl (C=O) groups is 1. The SMILES string of the molecule is O=C(COc1ccc2c(c1)CCC2)NCCCn1ccnc1. The highest BCUT2D eigenvalue weighted by Gasteiger charge is 2.11. The van der Waals surface area contributed by atoms with Crippen molar-refractivity contribution in [3.8, 4) is 5.75 Å². The number of aromatic nitrogens is 2. The van der Waals surface area contributed by atoms with E-state index in [0.717, 1.165) is 31.6 Å². The summed E-state index contributed by atoms with van der Waals surface area (Å²) in [6, 6.07) is 6.13. The average Bonchev–Trinajstić information content (AvgIpc) is 3.20. The van der Waals surface area contributed by atoms with E-state index >= 15 is 0 Å². The molecule has 2 aromatic rings. The fraction of sp³-hybridized carbons (Fsp3) is 0.412.